The molecule has 25 heavy (non-hydrogen) atoms. The highest BCUT2D eigenvalue weighted by molar-refractivity contribution is 5.89. The van der Waals surface area contributed by atoms with Crippen LogP contribution in [0, 0.1) is 12.7 Å². The van der Waals surface area contributed by atoms with Gasteiger partial charge in [0, 0.05) is 32.2 Å². The predicted molar refractivity (Wildman–Crippen MR) is 93.9 cm³/mol. The van der Waals surface area contributed by atoms with E-state index >= 15 is 0 Å². The molecule has 3 amide bonds. The Morgan fingerprint density at radius 2 is 1.88 bits per heavy atom. The van der Waals surface area contributed by atoms with E-state index in [1.165, 1.54) is 6.07 Å². The number of halogens is 1. The number of rotatable bonds is 4. The molecule has 1 atom stereocenters. The van der Waals surface area contributed by atoms with Gasteiger partial charge in [-0.05, 0) is 44.4 Å². The number of hydrogen-bond donors (Lipinski definition) is 2. The largest absolute Gasteiger partial charge is 0.352 e. The molecule has 2 N–H and O–H groups in total. The molecule has 0 aromatic heterocycles. The summed E-state index contributed by atoms with van der Waals surface area (Å²) >= 11 is 0. The Hall–Kier alpha value is -2.15. The molecule has 1 aliphatic carbocycles. The number of amides is 3. The average molecular weight is 348 g/mol. The molecule has 7 heteroatoms. The molecule has 0 unspecified atom stereocenters. The van der Waals surface area contributed by atoms with E-state index in [-0.39, 0.29) is 23.7 Å². The number of anilines is 1. The fourth-order valence-electron chi connectivity index (χ4n) is 2.96. The van der Waals surface area contributed by atoms with Gasteiger partial charge in [0.15, 0.2) is 0 Å². The second-order valence-corrected chi connectivity index (χ2v) is 6.90. The summed E-state index contributed by atoms with van der Waals surface area (Å²) in [4.78, 5) is 28.2. The van der Waals surface area contributed by atoms with Gasteiger partial charge in [0.1, 0.15) is 5.82 Å². The smallest absolute Gasteiger partial charge is 0.322 e. The fraction of sp³-hybridized carbons (Fsp3) is 0.556. The van der Waals surface area contributed by atoms with Crippen molar-refractivity contribution in [3.05, 3.63) is 29.6 Å². The molecule has 1 saturated heterocycles. The molecule has 1 aliphatic heterocycles. The van der Waals surface area contributed by atoms with Crippen molar-refractivity contribution in [3.8, 4) is 0 Å². The lowest BCUT2D eigenvalue weighted by molar-refractivity contribution is -0.126. The molecule has 1 saturated carbocycles. The van der Waals surface area contributed by atoms with Crippen molar-refractivity contribution in [3.63, 3.8) is 0 Å². The highest BCUT2D eigenvalue weighted by Gasteiger charge is 2.31. The summed E-state index contributed by atoms with van der Waals surface area (Å²) in [7, 11) is 0. The van der Waals surface area contributed by atoms with Crippen LogP contribution in [0.1, 0.15) is 25.3 Å². The van der Waals surface area contributed by atoms with Crippen molar-refractivity contribution in [1.82, 2.24) is 15.1 Å². The Labute approximate surface area is 147 Å². The van der Waals surface area contributed by atoms with E-state index in [2.05, 4.69) is 15.5 Å². The van der Waals surface area contributed by atoms with Gasteiger partial charge in [-0.3, -0.25) is 9.69 Å². The monoisotopic (exact) mass is 348 g/mol. The summed E-state index contributed by atoms with van der Waals surface area (Å²) in [6, 6.07) is 4.49. The minimum absolute atomic E-state index is 0.0576. The first-order valence-electron chi connectivity index (χ1n) is 8.80. The van der Waals surface area contributed by atoms with Gasteiger partial charge in [-0.1, -0.05) is 6.07 Å². The molecular formula is C18H25FN4O2. The Balaban J connectivity index is 1.50. The van der Waals surface area contributed by atoms with Gasteiger partial charge >= 0.3 is 6.03 Å². The van der Waals surface area contributed by atoms with Crippen molar-refractivity contribution in [2.24, 2.45) is 0 Å². The van der Waals surface area contributed by atoms with E-state index in [0.29, 0.717) is 32.2 Å². The van der Waals surface area contributed by atoms with E-state index in [9.17, 15) is 14.0 Å². The summed E-state index contributed by atoms with van der Waals surface area (Å²) in [5, 5.41) is 5.65. The summed E-state index contributed by atoms with van der Waals surface area (Å²) in [6.45, 7) is 6.03. The molecule has 0 radical (unpaired) electrons. The van der Waals surface area contributed by atoms with Crippen LogP contribution in [0.3, 0.4) is 0 Å². The highest BCUT2D eigenvalue weighted by atomic mass is 19.1. The number of nitrogens with zero attached hydrogens (tertiary/aromatic N) is 2. The normalized spacial score (nSPS) is 19.4. The zero-order chi connectivity index (χ0) is 18.0. The number of hydrogen-bond acceptors (Lipinski definition) is 3. The maximum Gasteiger partial charge on any atom is 0.322 e. The van der Waals surface area contributed by atoms with Gasteiger partial charge in [-0.2, -0.15) is 0 Å². The number of aryl methyl sites for hydroxylation is 1. The van der Waals surface area contributed by atoms with Crippen LogP contribution >= 0.6 is 0 Å². The van der Waals surface area contributed by atoms with Crippen molar-refractivity contribution < 1.29 is 14.0 Å². The number of carbonyl (C=O) groups excluding carboxylic acids is 2. The van der Waals surface area contributed by atoms with E-state index in [0.717, 1.165) is 18.4 Å². The zero-order valence-electron chi connectivity index (χ0n) is 14.7. The Kier molecular flexibility index (Phi) is 5.22. The van der Waals surface area contributed by atoms with Crippen molar-refractivity contribution in [1.29, 1.82) is 0 Å². The molecule has 2 fully saturated rings. The summed E-state index contributed by atoms with van der Waals surface area (Å²) in [6.07, 6.45) is 2.14. The van der Waals surface area contributed by atoms with Crippen molar-refractivity contribution in [2.75, 3.05) is 31.5 Å². The predicted octanol–water partition coefficient (Wildman–Crippen LogP) is 1.95. The first kappa shape index (κ1) is 17.7. The molecule has 0 bridgehead atoms. The molecular weight excluding hydrogens is 323 g/mol. The molecule has 136 valence electrons. The zero-order valence-corrected chi connectivity index (χ0v) is 14.7. The van der Waals surface area contributed by atoms with Crippen LogP contribution in [0.5, 0.6) is 0 Å². The molecule has 6 nitrogen and oxygen atoms in total. The molecule has 3 rings (SSSR count). The number of benzene rings is 1. The summed E-state index contributed by atoms with van der Waals surface area (Å²) in [5.74, 6) is -0.384. The lowest BCUT2D eigenvalue weighted by Gasteiger charge is -2.37. The summed E-state index contributed by atoms with van der Waals surface area (Å²) < 4.78 is 13.8. The second kappa shape index (κ2) is 7.39. The molecule has 1 heterocycles. The average Bonchev–Trinajstić information content (AvgIpc) is 3.41. The third kappa shape index (κ3) is 4.48. The molecule has 1 aromatic rings. The van der Waals surface area contributed by atoms with Crippen LogP contribution in [-0.2, 0) is 4.79 Å². The number of nitrogens with one attached hydrogen (secondary N) is 2. The van der Waals surface area contributed by atoms with Gasteiger partial charge in [-0.15, -0.1) is 0 Å². The third-order valence-corrected chi connectivity index (χ3v) is 4.82. The standard InChI is InChI=1S/C18H25FN4O2/c1-12-3-6-15(19)16(11-12)21-18(25)23-9-7-22(8-10-23)13(2)17(24)20-14-4-5-14/h3,6,11,13-14H,4-5,7-10H2,1-2H3,(H,20,24)(H,21,25)/t13-/m0/s1. The SMILES string of the molecule is Cc1ccc(F)c(NC(=O)N2CCN([C@@H](C)C(=O)NC3CC3)CC2)c1. The molecule has 2 aliphatic rings. The van der Waals surface area contributed by atoms with Crippen LogP contribution in [0.4, 0.5) is 14.9 Å². The number of carbonyl (C=O) groups is 2. The van der Waals surface area contributed by atoms with E-state index in [4.69, 9.17) is 0 Å². The highest BCUT2D eigenvalue weighted by Crippen LogP contribution is 2.20. The van der Waals surface area contributed by atoms with Gasteiger partial charge in [0.05, 0.1) is 11.7 Å². The Bertz CT molecular complexity index is 654. The van der Waals surface area contributed by atoms with Crippen molar-refractivity contribution >= 4 is 17.6 Å². The minimum Gasteiger partial charge on any atom is -0.352 e. The lowest BCUT2D eigenvalue weighted by Crippen LogP contribution is -2.55. The second-order valence-electron chi connectivity index (χ2n) is 6.90. The maximum absolute atomic E-state index is 13.8. The lowest BCUT2D eigenvalue weighted by atomic mass is 10.2. The van der Waals surface area contributed by atoms with Gasteiger partial charge in [0.2, 0.25) is 5.91 Å². The van der Waals surface area contributed by atoms with E-state index in [1.54, 1.807) is 17.0 Å². The topological polar surface area (TPSA) is 64.7 Å². The van der Waals surface area contributed by atoms with Gasteiger partial charge in [-0.25, -0.2) is 9.18 Å². The van der Waals surface area contributed by atoms with Crippen LogP contribution < -0.4 is 10.6 Å². The number of urea groups is 1. The first-order chi connectivity index (χ1) is 11.9. The summed E-state index contributed by atoms with van der Waals surface area (Å²) in [5.41, 5.74) is 1.08. The maximum atomic E-state index is 13.8. The van der Waals surface area contributed by atoms with Crippen LogP contribution in [0.25, 0.3) is 0 Å². The Morgan fingerprint density at radius 3 is 2.52 bits per heavy atom. The number of piperazine rings is 1. The van der Waals surface area contributed by atoms with Crippen molar-refractivity contribution in [2.45, 2.75) is 38.8 Å². The Morgan fingerprint density at radius 1 is 1.20 bits per heavy atom. The first-order valence-corrected chi connectivity index (χ1v) is 8.80. The van der Waals surface area contributed by atoms with Crippen LogP contribution in [-0.4, -0.2) is 60.0 Å². The van der Waals surface area contributed by atoms with Gasteiger partial charge < -0.3 is 15.5 Å². The van der Waals surface area contributed by atoms with Crippen LogP contribution in [0.15, 0.2) is 18.2 Å². The minimum atomic E-state index is -0.442. The van der Waals surface area contributed by atoms with E-state index in [1.807, 2.05) is 13.8 Å². The molecule has 0 spiro atoms. The van der Waals surface area contributed by atoms with E-state index < -0.39 is 5.82 Å². The van der Waals surface area contributed by atoms with Crippen LogP contribution in [0.2, 0.25) is 0 Å². The fourth-order valence-corrected chi connectivity index (χ4v) is 2.96. The third-order valence-electron chi connectivity index (χ3n) is 4.82. The quantitative estimate of drug-likeness (QED) is 0.874. The molecule has 1 aromatic carbocycles. The van der Waals surface area contributed by atoms with Gasteiger partial charge in [0.25, 0.3) is 0 Å².